The quantitative estimate of drug-likeness (QED) is 0.175. The monoisotopic (exact) mass is 766 g/mol. The third-order valence-electron chi connectivity index (χ3n) is 13.0. The van der Waals surface area contributed by atoms with E-state index in [0.717, 1.165) is 37.7 Å². The van der Waals surface area contributed by atoms with E-state index in [1.54, 1.807) is 33.1 Å². The summed E-state index contributed by atoms with van der Waals surface area (Å²) < 4.78 is 12.0. The van der Waals surface area contributed by atoms with E-state index in [-0.39, 0.29) is 85.4 Å². The lowest BCUT2D eigenvalue weighted by atomic mass is 9.83. The van der Waals surface area contributed by atoms with Crippen molar-refractivity contribution in [2.45, 2.75) is 135 Å². The normalized spacial score (nSPS) is 24.8. The van der Waals surface area contributed by atoms with E-state index in [0.29, 0.717) is 19.4 Å². The molecule has 306 valence electrons. The molecule has 0 unspecified atom stereocenters. The second-order valence-electron chi connectivity index (χ2n) is 16.7. The highest BCUT2D eigenvalue weighted by molar-refractivity contribution is 5.90. The molecule has 1 aromatic carbocycles. The van der Waals surface area contributed by atoms with Gasteiger partial charge >= 0.3 is 0 Å². The van der Waals surface area contributed by atoms with Crippen LogP contribution in [-0.4, -0.2) is 127 Å². The van der Waals surface area contributed by atoms with Crippen molar-refractivity contribution in [3.05, 3.63) is 35.9 Å². The smallest absolute Gasteiger partial charge is 0.226 e. The molecule has 2 bridgehead atoms. The summed E-state index contributed by atoms with van der Waals surface area (Å²) in [6, 6.07) is 10.7. The summed E-state index contributed by atoms with van der Waals surface area (Å²) in [5, 5.41) is 22.5. The number of hydrogen-bond acceptors (Lipinski definition) is 9. The Balaban J connectivity index is 1.45. The van der Waals surface area contributed by atoms with Gasteiger partial charge in [0.1, 0.15) is 0 Å². The lowest BCUT2D eigenvalue weighted by Crippen LogP contribution is -2.55. The standard InChI is InChI=1S/C43H67N5O7/c1-9-28(4)39(46(6)43(53)34(27(2)3)24-36(50)40-31-17-18-33(23-31)47(40)21-19-44)37(54-7)25-38(51)48-20-13-16-35(48)41(55-8)29(5)42(52)45-32(26-49)22-30-14-11-10-12-15-30/h10-12,14-15,27-29,31-35,37,39-41,49H,9,13,16-18,20-26H2,1-8H3,(H,45,52)/t28-,29+,31-,32-,33+,34-,35-,37+,39-,40-,41+/m0/s1. The van der Waals surface area contributed by atoms with E-state index in [2.05, 4.69) is 30.1 Å². The Kier molecular flexibility index (Phi) is 16.7. The number of aliphatic hydroxyl groups excluding tert-OH is 1. The molecule has 3 fully saturated rings. The van der Waals surface area contributed by atoms with E-state index in [1.807, 2.05) is 49.1 Å². The van der Waals surface area contributed by atoms with Crippen LogP contribution in [0.4, 0.5) is 0 Å². The predicted octanol–water partition coefficient (Wildman–Crippen LogP) is 4.23. The number of likely N-dealkylation sites (tertiary alicyclic amines) is 2. The number of nitrogens with one attached hydrogen (secondary N) is 1. The van der Waals surface area contributed by atoms with Crippen LogP contribution in [0.3, 0.4) is 0 Å². The Hall–Kier alpha value is -3.37. The molecular weight excluding hydrogens is 699 g/mol. The molecule has 2 N–H and O–H groups in total. The van der Waals surface area contributed by atoms with Crippen molar-refractivity contribution in [1.29, 1.82) is 5.26 Å². The van der Waals surface area contributed by atoms with Crippen molar-refractivity contribution in [2.75, 3.05) is 41.0 Å². The van der Waals surface area contributed by atoms with Crippen molar-refractivity contribution < 1.29 is 33.8 Å². The topological polar surface area (TPSA) is 153 Å². The molecule has 4 rings (SSSR count). The van der Waals surface area contributed by atoms with Crippen LogP contribution in [0, 0.1) is 40.9 Å². The zero-order valence-electron chi connectivity index (χ0n) is 34.5. The summed E-state index contributed by atoms with van der Waals surface area (Å²) in [6.45, 7) is 10.4. The first kappa shape index (κ1) is 44.3. The maximum absolute atomic E-state index is 14.4. The number of rotatable bonds is 21. The molecule has 2 saturated heterocycles. The van der Waals surface area contributed by atoms with Crippen molar-refractivity contribution in [3.63, 3.8) is 0 Å². The van der Waals surface area contributed by atoms with Gasteiger partial charge in [-0.25, -0.2) is 0 Å². The SMILES string of the molecule is CC[C@H](C)[C@@H]([C@@H](CC(=O)N1CCC[C@H]1[C@H](OC)[C@@H](C)C(=O)N[C@H](CO)Cc1ccccc1)OC)N(C)C(=O)[C@@H](CC(=O)[C@@H]1[C@H]2CC[C@H](C2)N1CC#N)C(C)C. The zero-order chi connectivity index (χ0) is 40.4. The van der Waals surface area contributed by atoms with Gasteiger partial charge in [0.2, 0.25) is 17.7 Å². The number of amides is 3. The first-order chi connectivity index (χ1) is 26.3. The van der Waals surface area contributed by atoms with E-state index >= 15 is 0 Å². The van der Waals surface area contributed by atoms with Crippen LogP contribution in [0.15, 0.2) is 30.3 Å². The number of nitriles is 1. The Morgan fingerprint density at radius 3 is 2.35 bits per heavy atom. The number of likely N-dealkylation sites (N-methyl/N-ethyl adjacent to an activating group) is 1. The van der Waals surface area contributed by atoms with Gasteiger partial charge in [0.25, 0.3) is 0 Å². The van der Waals surface area contributed by atoms with Crippen molar-refractivity contribution >= 4 is 23.5 Å². The fraction of sp³-hybridized carbons (Fsp3) is 0.744. The van der Waals surface area contributed by atoms with Gasteiger partial charge < -0.3 is 29.7 Å². The van der Waals surface area contributed by atoms with Gasteiger partial charge in [-0.3, -0.25) is 24.1 Å². The molecule has 55 heavy (non-hydrogen) atoms. The van der Waals surface area contributed by atoms with Crippen LogP contribution in [-0.2, 0) is 35.1 Å². The second kappa shape index (κ2) is 20.7. The first-order valence-electron chi connectivity index (χ1n) is 20.5. The maximum atomic E-state index is 14.4. The van der Waals surface area contributed by atoms with E-state index in [4.69, 9.17) is 9.47 Å². The van der Waals surface area contributed by atoms with Gasteiger partial charge in [-0.1, -0.05) is 71.4 Å². The van der Waals surface area contributed by atoms with Crippen LogP contribution in [0.1, 0.15) is 91.5 Å². The number of ether oxygens (including phenoxy) is 2. The minimum absolute atomic E-state index is 0.00734. The van der Waals surface area contributed by atoms with Gasteiger partial charge in [0.15, 0.2) is 5.78 Å². The van der Waals surface area contributed by atoms with Crippen molar-refractivity contribution in [3.8, 4) is 6.07 Å². The number of nitrogens with zero attached hydrogens (tertiary/aromatic N) is 4. The summed E-state index contributed by atoms with van der Waals surface area (Å²) in [7, 11) is 4.91. The summed E-state index contributed by atoms with van der Waals surface area (Å²) in [5.41, 5.74) is 1.01. The maximum Gasteiger partial charge on any atom is 0.226 e. The van der Waals surface area contributed by atoms with Crippen LogP contribution in [0.25, 0.3) is 0 Å². The number of carbonyl (C=O) groups excluding carboxylic acids is 4. The van der Waals surface area contributed by atoms with E-state index in [9.17, 15) is 29.5 Å². The Labute approximate surface area is 329 Å². The molecule has 12 nitrogen and oxygen atoms in total. The highest BCUT2D eigenvalue weighted by Crippen LogP contribution is 2.43. The molecule has 3 aliphatic rings. The van der Waals surface area contributed by atoms with Crippen LogP contribution in [0.5, 0.6) is 0 Å². The minimum atomic E-state index is -0.608. The van der Waals surface area contributed by atoms with Gasteiger partial charge in [0, 0.05) is 46.2 Å². The van der Waals surface area contributed by atoms with Crippen LogP contribution in [0.2, 0.25) is 0 Å². The zero-order valence-corrected chi connectivity index (χ0v) is 34.5. The highest BCUT2D eigenvalue weighted by atomic mass is 16.5. The second-order valence-corrected chi connectivity index (χ2v) is 16.7. The number of benzene rings is 1. The van der Waals surface area contributed by atoms with Gasteiger partial charge in [-0.05, 0) is 61.8 Å². The van der Waals surface area contributed by atoms with Crippen molar-refractivity contribution in [1.82, 2.24) is 20.0 Å². The largest absolute Gasteiger partial charge is 0.394 e. The molecule has 12 heteroatoms. The minimum Gasteiger partial charge on any atom is -0.394 e. The fourth-order valence-electron chi connectivity index (χ4n) is 9.74. The number of methoxy groups -OCH3 is 2. The molecule has 2 aliphatic heterocycles. The number of ketones is 1. The van der Waals surface area contributed by atoms with Gasteiger partial charge in [-0.2, -0.15) is 5.26 Å². The number of carbonyl (C=O) groups is 4. The summed E-state index contributed by atoms with van der Waals surface area (Å²) in [6.07, 6.45) is 4.60. The van der Waals surface area contributed by atoms with Gasteiger partial charge in [0.05, 0.1) is 67.9 Å². The van der Waals surface area contributed by atoms with E-state index in [1.165, 1.54) is 0 Å². The lowest BCUT2D eigenvalue weighted by Gasteiger charge is -2.41. The average Bonchev–Trinajstić information content (AvgIpc) is 3.94. The molecule has 0 spiro atoms. The molecule has 1 aliphatic carbocycles. The number of hydrogen-bond donors (Lipinski definition) is 2. The summed E-state index contributed by atoms with van der Waals surface area (Å²) >= 11 is 0. The molecule has 1 saturated carbocycles. The molecule has 1 aromatic rings. The average molecular weight is 766 g/mol. The molecule has 3 amide bonds. The number of piperidine rings is 1. The van der Waals surface area contributed by atoms with Crippen LogP contribution < -0.4 is 5.32 Å². The number of aliphatic hydroxyl groups is 1. The molecule has 2 heterocycles. The Morgan fingerprint density at radius 1 is 1.04 bits per heavy atom. The predicted molar refractivity (Wildman–Crippen MR) is 210 cm³/mol. The Bertz CT molecular complexity index is 1470. The molecular formula is C43H67N5O7. The highest BCUT2D eigenvalue weighted by Gasteiger charge is 2.50. The van der Waals surface area contributed by atoms with Gasteiger partial charge in [-0.15, -0.1) is 0 Å². The van der Waals surface area contributed by atoms with Crippen molar-refractivity contribution in [2.24, 2.45) is 29.6 Å². The summed E-state index contributed by atoms with van der Waals surface area (Å²) in [5.74, 6) is -1.46. The third kappa shape index (κ3) is 10.5. The fourth-order valence-corrected chi connectivity index (χ4v) is 9.74. The third-order valence-corrected chi connectivity index (χ3v) is 13.0. The molecule has 11 atom stereocenters. The number of fused-ring (bicyclic) bond motifs is 2. The lowest BCUT2D eigenvalue weighted by molar-refractivity contribution is -0.149. The Morgan fingerprint density at radius 2 is 1.75 bits per heavy atom. The summed E-state index contributed by atoms with van der Waals surface area (Å²) in [4.78, 5) is 61.7. The van der Waals surface area contributed by atoms with Crippen LogP contribution >= 0.6 is 0 Å². The van der Waals surface area contributed by atoms with E-state index < -0.39 is 36.1 Å². The molecule has 0 aromatic heterocycles. The number of Topliss-reactive ketones (excluding diaryl/α,β-unsaturated/α-hetero) is 1. The molecule has 0 radical (unpaired) electrons. The first-order valence-corrected chi connectivity index (χ1v) is 20.5.